The van der Waals surface area contributed by atoms with Gasteiger partial charge in [-0.25, -0.2) is 9.38 Å². The van der Waals surface area contributed by atoms with Crippen molar-refractivity contribution in [2.45, 2.75) is 26.4 Å². The minimum atomic E-state index is -0.194. The summed E-state index contributed by atoms with van der Waals surface area (Å²) >= 11 is 0. The SMILES string of the molecule is CCNC(=NCc1ccccc1CN1CCOCC1)NCCc1cccc(F)c1.I. The van der Waals surface area contributed by atoms with Crippen molar-refractivity contribution in [3.63, 3.8) is 0 Å². The number of nitrogens with one attached hydrogen (secondary N) is 2. The third-order valence-electron chi connectivity index (χ3n) is 4.96. The van der Waals surface area contributed by atoms with E-state index in [-0.39, 0.29) is 29.8 Å². The number of hydrogen-bond acceptors (Lipinski definition) is 3. The molecular formula is C23H32FIN4O. The Morgan fingerprint density at radius 2 is 1.83 bits per heavy atom. The summed E-state index contributed by atoms with van der Waals surface area (Å²) in [5, 5.41) is 6.64. The van der Waals surface area contributed by atoms with Gasteiger partial charge in [0, 0.05) is 32.7 Å². The van der Waals surface area contributed by atoms with Gasteiger partial charge < -0.3 is 15.4 Å². The molecule has 2 aromatic carbocycles. The Labute approximate surface area is 196 Å². The van der Waals surface area contributed by atoms with Gasteiger partial charge in [-0.05, 0) is 42.2 Å². The number of halogens is 2. The molecule has 0 unspecified atom stereocenters. The average molecular weight is 526 g/mol. The molecule has 0 bridgehead atoms. The standard InChI is InChI=1S/C23H31FN4O.HI/c1-2-25-23(26-11-10-19-6-5-9-22(24)16-19)27-17-20-7-3-4-8-21(20)18-28-12-14-29-15-13-28;/h3-9,16H,2,10-15,17-18H2,1H3,(H2,25,26,27);1H. The number of benzene rings is 2. The van der Waals surface area contributed by atoms with E-state index in [0.29, 0.717) is 13.1 Å². The fourth-order valence-electron chi connectivity index (χ4n) is 3.39. The summed E-state index contributed by atoms with van der Waals surface area (Å²) in [6.45, 7) is 8.65. The van der Waals surface area contributed by atoms with E-state index in [1.807, 2.05) is 6.07 Å². The van der Waals surface area contributed by atoms with Crippen LogP contribution >= 0.6 is 24.0 Å². The van der Waals surface area contributed by atoms with Gasteiger partial charge in [-0.1, -0.05) is 36.4 Å². The van der Waals surface area contributed by atoms with Gasteiger partial charge in [0.25, 0.3) is 0 Å². The van der Waals surface area contributed by atoms with Gasteiger partial charge in [-0.2, -0.15) is 0 Å². The van der Waals surface area contributed by atoms with Crippen molar-refractivity contribution in [3.8, 4) is 0 Å². The van der Waals surface area contributed by atoms with Crippen molar-refractivity contribution in [1.29, 1.82) is 0 Å². The molecule has 0 radical (unpaired) electrons. The maximum absolute atomic E-state index is 13.3. The van der Waals surface area contributed by atoms with Crippen LogP contribution in [0.1, 0.15) is 23.6 Å². The van der Waals surface area contributed by atoms with Crippen molar-refractivity contribution in [3.05, 3.63) is 71.0 Å². The van der Waals surface area contributed by atoms with Crippen LogP contribution in [-0.4, -0.2) is 50.3 Å². The normalized spacial score (nSPS) is 14.8. The molecule has 0 spiro atoms. The highest BCUT2D eigenvalue weighted by atomic mass is 127. The summed E-state index contributed by atoms with van der Waals surface area (Å²) in [4.78, 5) is 7.19. The first-order chi connectivity index (χ1) is 14.2. The molecule has 1 aliphatic heterocycles. The average Bonchev–Trinajstić information content (AvgIpc) is 2.74. The van der Waals surface area contributed by atoms with Crippen molar-refractivity contribution in [2.75, 3.05) is 39.4 Å². The molecule has 0 aliphatic carbocycles. The van der Waals surface area contributed by atoms with Crippen LogP contribution < -0.4 is 10.6 Å². The zero-order valence-corrected chi connectivity index (χ0v) is 19.9. The van der Waals surface area contributed by atoms with Crippen molar-refractivity contribution < 1.29 is 9.13 Å². The number of hydrogen-bond donors (Lipinski definition) is 2. The van der Waals surface area contributed by atoms with Crippen LogP contribution in [0.15, 0.2) is 53.5 Å². The third kappa shape index (κ3) is 8.20. The first kappa shape index (κ1) is 24.6. The molecule has 0 amide bonds. The van der Waals surface area contributed by atoms with Gasteiger partial charge in [0.1, 0.15) is 5.82 Å². The molecule has 5 nitrogen and oxygen atoms in total. The van der Waals surface area contributed by atoms with Gasteiger partial charge in [-0.15, -0.1) is 24.0 Å². The second kappa shape index (κ2) is 13.6. The number of guanidine groups is 1. The monoisotopic (exact) mass is 526 g/mol. The first-order valence-corrected chi connectivity index (χ1v) is 10.4. The van der Waals surface area contributed by atoms with E-state index in [1.54, 1.807) is 12.1 Å². The zero-order chi connectivity index (χ0) is 20.3. The predicted octanol–water partition coefficient (Wildman–Crippen LogP) is 3.57. The summed E-state index contributed by atoms with van der Waals surface area (Å²) in [6.07, 6.45) is 0.746. The van der Waals surface area contributed by atoms with Crippen LogP contribution in [0, 0.1) is 5.82 Å². The van der Waals surface area contributed by atoms with Gasteiger partial charge in [0.2, 0.25) is 0 Å². The Bertz CT molecular complexity index is 796. The molecule has 0 aromatic heterocycles. The topological polar surface area (TPSA) is 48.9 Å². The summed E-state index contributed by atoms with van der Waals surface area (Å²) in [5.74, 6) is 0.588. The molecule has 0 atom stereocenters. The second-order valence-electron chi connectivity index (χ2n) is 7.16. The fourth-order valence-corrected chi connectivity index (χ4v) is 3.39. The summed E-state index contributed by atoms with van der Waals surface area (Å²) in [5.41, 5.74) is 3.53. The molecule has 1 saturated heterocycles. The predicted molar refractivity (Wildman–Crippen MR) is 131 cm³/mol. The Morgan fingerprint density at radius 1 is 1.07 bits per heavy atom. The molecule has 3 rings (SSSR count). The van der Waals surface area contributed by atoms with Gasteiger partial charge in [-0.3, -0.25) is 4.90 Å². The minimum absolute atomic E-state index is 0. The van der Waals surface area contributed by atoms with Crippen LogP contribution in [0.5, 0.6) is 0 Å². The Morgan fingerprint density at radius 3 is 2.57 bits per heavy atom. The lowest BCUT2D eigenvalue weighted by Crippen LogP contribution is -2.38. The molecule has 30 heavy (non-hydrogen) atoms. The maximum Gasteiger partial charge on any atom is 0.191 e. The minimum Gasteiger partial charge on any atom is -0.379 e. The van der Waals surface area contributed by atoms with Crippen molar-refractivity contribution in [1.82, 2.24) is 15.5 Å². The number of morpholine rings is 1. The first-order valence-electron chi connectivity index (χ1n) is 10.4. The number of aliphatic imine (C=N–C) groups is 1. The highest BCUT2D eigenvalue weighted by Gasteiger charge is 2.12. The molecular weight excluding hydrogens is 494 g/mol. The van der Waals surface area contributed by atoms with Crippen LogP contribution in [0.2, 0.25) is 0 Å². The van der Waals surface area contributed by atoms with E-state index in [1.165, 1.54) is 17.2 Å². The molecule has 1 aliphatic rings. The quantitative estimate of drug-likeness (QED) is 0.314. The molecule has 2 aromatic rings. The molecule has 7 heteroatoms. The lowest BCUT2D eigenvalue weighted by molar-refractivity contribution is 0.0341. The van der Waals surface area contributed by atoms with E-state index in [4.69, 9.17) is 9.73 Å². The van der Waals surface area contributed by atoms with E-state index in [0.717, 1.165) is 57.3 Å². The fraction of sp³-hybridized carbons (Fsp3) is 0.435. The van der Waals surface area contributed by atoms with Gasteiger partial charge in [0.15, 0.2) is 5.96 Å². The van der Waals surface area contributed by atoms with Crippen LogP contribution in [0.25, 0.3) is 0 Å². The Kier molecular flexibility index (Phi) is 11.1. The van der Waals surface area contributed by atoms with Crippen LogP contribution in [0.3, 0.4) is 0 Å². The number of rotatable bonds is 8. The highest BCUT2D eigenvalue weighted by molar-refractivity contribution is 14.0. The van der Waals surface area contributed by atoms with Gasteiger partial charge >= 0.3 is 0 Å². The second-order valence-corrected chi connectivity index (χ2v) is 7.16. The zero-order valence-electron chi connectivity index (χ0n) is 17.6. The Hall–Kier alpha value is -1.71. The molecule has 2 N–H and O–H groups in total. The Balaban J connectivity index is 0.00000320. The van der Waals surface area contributed by atoms with E-state index < -0.39 is 0 Å². The largest absolute Gasteiger partial charge is 0.379 e. The van der Waals surface area contributed by atoms with E-state index in [9.17, 15) is 4.39 Å². The highest BCUT2D eigenvalue weighted by Crippen LogP contribution is 2.14. The smallest absolute Gasteiger partial charge is 0.191 e. The van der Waals surface area contributed by atoms with E-state index in [2.05, 4.69) is 46.7 Å². The molecule has 164 valence electrons. The number of ether oxygens (including phenoxy) is 1. The summed E-state index contributed by atoms with van der Waals surface area (Å²) in [7, 11) is 0. The van der Waals surface area contributed by atoms with Crippen LogP contribution in [-0.2, 0) is 24.2 Å². The molecule has 1 heterocycles. The van der Waals surface area contributed by atoms with Crippen molar-refractivity contribution >= 4 is 29.9 Å². The van der Waals surface area contributed by atoms with Crippen LogP contribution in [0.4, 0.5) is 4.39 Å². The maximum atomic E-state index is 13.3. The summed E-state index contributed by atoms with van der Waals surface area (Å²) in [6, 6.07) is 15.2. The van der Waals surface area contributed by atoms with Gasteiger partial charge in [0.05, 0.1) is 19.8 Å². The van der Waals surface area contributed by atoms with Crippen molar-refractivity contribution in [2.24, 2.45) is 4.99 Å². The van der Waals surface area contributed by atoms with E-state index >= 15 is 0 Å². The lowest BCUT2D eigenvalue weighted by Gasteiger charge is -2.27. The molecule has 0 saturated carbocycles. The summed E-state index contributed by atoms with van der Waals surface area (Å²) < 4.78 is 18.8. The third-order valence-corrected chi connectivity index (χ3v) is 4.96. The number of nitrogens with zero attached hydrogens (tertiary/aromatic N) is 2. The molecule has 1 fully saturated rings. The lowest BCUT2D eigenvalue weighted by atomic mass is 10.1.